The second kappa shape index (κ2) is 7.75. The molecule has 1 heterocycles. The van der Waals surface area contributed by atoms with Gasteiger partial charge in [0.2, 0.25) is 5.91 Å². The van der Waals surface area contributed by atoms with E-state index in [1.807, 2.05) is 7.05 Å². The summed E-state index contributed by atoms with van der Waals surface area (Å²) in [6.45, 7) is 6.44. The number of thioether (sulfide) groups is 1. The number of amides is 1. The van der Waals surface area contributed by atoms with E-state index in [2.05, 4.69) is 18.7 Å². The third-order valence-electron chi connectivity index (χ3n) is 3.62. The summed E-state index contributed by atoms with van der Waals surface area (Å²) in [5, 5.41) is 8.54. The van der Waals surface area contributed by atoms with Crippen molar-refractivity contribution < 1.29 is 14.7 Å². The van der Waals surface area contributed by atoms with E-state index in [0.29, 0.717) is 12.1 Å². The van der Waals surface area contributed by atoms with Gasteiger partial charge in [0.25, 0.3) is 0 Å². The molecule has 5 nitrogen and oxygen atoms in total. The van der Waals surface area contributed by atoms with Gasteiger partial charge >= 0.3 is 5.97 Å². The predicted octanol–water partition coefficient (Wildman–Crippen LogP) is 1.14. The number of aliphatic carboxylic acids is 1. The van der Waals surface area contributed by atoms with Crippen LogP contribution < -0.4 is 0 Å². The molecule has 6 heteroatoms. The fourth-order valence-electron chi connectivity index (χ4n) is 2.32. The molecule has 0 radical (unpaired) electrons. The quantitative estimate of drug-likeness (QED) is 0.794. The van der Waals surface area contributed by atoms with Crippen molar-refractivity contribution in [2.24, 2.45) is 0 Å². The number of carboxylic acids is 1. The van der Waals surface area contributed by atoms with Crippen molar-refractivity contribution >= 4 is 23.6 Å². The van der Waals surface area contributed by atoms with Crippen molar-refractivity contribution in [2.75, 3.05) is 31.6 Å². The van der Waals surface area contributed by atoms with Crippen molar-refractivity contribution in [1.82, 2.24) is 9.80 Å². The van der Waals surface area contributed by atoms with Crippen LogP contribution in [0.4, 0.5) is 0 Å². The maximum Gasteiger partial charge on any atom is 0.313 e. The zero-order chi connectivity index (χ0) is 14.4. The molecule has 0 aromatic carbocycles. The molecule has 0 spiro atoms. The van der Waals surface area contributed by atoms with Crippen LogP contribution in [0.15, 0.2) is 0 Å². The summed E-state index contributed by atoms with van der Waals surface area (Å²) in [6.07, 6.45) is 2.01. The van der Waals surface area contributed by atoms with Gasteiger partial charge in [-0.1, -0.05) is 0 Å². The third-order valence-corrected chi connectivity index (χ3v) is 4.52. The molecule has 1 rings (SSSR count). The summed E-state index contributed by atoms with van der Waals surface area (Å²) in [5.41, 5.74) is 0. The van der Waals surface area contributed by atoms with E-state index in [-0.39, 0.29) is 17.4 Å². The zero-order valence-electron chi connectivity index (χ0n) is 12.0. The van der Waals surface area contributed by atoms with Gasteiger partial charge in [0, 0.05) is 32.2 Å². The van der Waals surface area contributed by atoms with Gasteiger partial charge in [0.1, 0.15) is 0 Å². The molecule has 0 atom stereocenters. The molecule has 1 saturated heterocycles. The molecular formula is C13H24N2O3S. The molecule has 1 aliphatic heterocycles. The molecule has 1 aliphatic rings. The average molecular weight is 288 g/mol. The van der Waals surface area contributed by atoms with E-state index in [1.54, 1.807) is 4.90 Å². The van der Waals surface area contributed by atoms with E-state index in [1.165, 1.54) is 11.8 Å². The third kappa shape index (κ3) is 5.40. The molecule has 1 fully saturated rings. The fraction of sp³-hybridized carbons (Fsp3) is 0.846. The highest BCUT2D eigenvalue weighted by atomic mass is 32.2. The van der Waals surface area contributed by atoms with Gasteiger partial charge in [0.15, 0.2) is 0 Å². The number of carbonyl (C=O) groups is 2. The molecule has 110 valence electrons. The minimum atomic E-state index is -0.870. The molecule has 0 aromatic rings. The van der Waals surface area contributed by atoms with E-state index in [9.17, 15) is 9.59 Å². The van der Waals surface area contributed by atoms with Crippen LogP contribution in [-0.4, -0.2) is 70.5 Å². The highest BCUT2D eigenvalue weighted by Crippen LogP contribution is 2.18. The van der Waals surface area contributed by atoms with Crippen LogP contribution in [0.1, 0.15) is 26.7 Å². The summed E-state index contributed by atoms with van der Waals surface area (Å²) in [4.78, 5) is 26.6. The highest BCUT2D eigenvalue weighted by Gasteiger charge is 2.26. The first-order valence-electron chi connectivity index (χ1n) is 6.71. The number of rotatable bonds is 6. The Morgan fingerprint density at radius 2 is 1.89 bits per heavy atom. The summed E-state index contributed by atoms with van der Waals surface area (Å²) in [6, 6.07) is 0.862. The normalized spacial score (nSPS) is 17.7. The molecule has 0 aromatic heterocycles. The number of piperidine rings is 1. The van der Waals surface area contributed by atoms with Crippen LogP contribution in [-0.2, 0) is 9.59 Å². The standard InChI is InChI=1S/C13H24N2O3S/c1-10(2)15-6-4-11(5-7-15)14(3)12(16)8-19-9-13(17)18/h10-11H,4-9H2,1-3H3,(H,17,18). The van der Waals surface area contributed by atoms with Gasteiger partial charge in [-0.05, 0) is 26.7 Å². The van der Waals surface area contributed by atoms with Gasteiger partial charge in [-0.25, -0.2) is 0 Å². The number of hydrogen-bond acceptors (Lipinski definition) is 4. The van der Waals surface area contributed by atoms with Gasteiger partial charge in [0.05, 0.1) is 11.5 Å². The lowest BCUT2D eigenvalue weighted by Gasteiger charge is -2.38. The lowest BCUT2D eigenvalue weighted by molar-refractivity contribution is -0.133. The highest BCUT2D eigenvalue weighted by molar-refractivity contribution is 8.00. The molecule has 0 unspecified atom stereocenters. The van der Waals surface area contributed by atoms with E-state index < -0.39 is 5.97 Å². The topological polar surface area (TPSA) is 60.9 Å². The fourth-order valence-corrected chi connectivity index (χ4v) is 2.98. The van der Waals surface area contributed by atoms with Gasteiger partial charge in [-0.3, -0.25) is 9.59 Å². The van der Waals surface area contributed by atoms with Crippen LogP contribution >= 0.6 is 11.8 Å². The molecule has 0 aliphatic carbocycles. The monoisotopic (exact) mass is 288 g/mol. The first-order chi connectivity index (χ1) is 8.91. The molecule has 0 bridgehead atoms. The lowest BCUT2D eigenvalue weighted by Crippen LogP contribution is -2.47. The van der Waals surface area contributed by atoms with Crippen LogP contribution in [0, 0.1) is 0 Å². The van der Waals surface area contributed by atoms with Gasteiger partial charge in [-0.2, -0.15) is 0 Å². The molecule has 0 saturated carbocycles. The summed E-state index contributed by atoms with van der Waals surface area (Å²) in [7, 11) is 1.83. The number of hydrogen-bond donors (Lipinski definition) is 1. The van der Waals surface area contributed by atoms with Crippen molar-refractivity contribution in [3.8, 4) is 0 Å². The smallest absolute Gasteiger partial charge is 0.313 e. The van der Waals surface area contributed by atoms with Crippen LogP contribution in [0.3, 0.4) is 0 Å². The van der Waals surface area contributed by atoms with E-state index in [0.717, 1.165) is 25.9 Å². The SMILES string of the molecule is CC(C)N1CCC(N(C)C(=O)CSCC(=O)O)CC1. The van der Waals surface area contributed by atoms with Crippen LogP contribution in [0.25, 0.3) is 0 Å². The Kier molecular flexibility index (Phi) is 6.65. The Balaban J connectivity index is 2.31. The maximum absolute atomic E-state index is 11.9. The van der Waals surface area contributed by atoms with Crippen molar-refractivity contribution in [1.29, 1.82) is 0 Å². The second-order valence-corrected chi connectivity index (χ2v) is 6.24. The Morgan fingerprint density at radius 3 is 2.37 bits per heavy atom. The minimum Gasteiger partial charge on any atom is -0.481 e. The first kappa shape index (κ1) is 16.3. The van der Waals surface area contributed by atoms with Gasteiger partial charge < -0.3 is 14.9 Å². The lowest BCUT2D eigenvalue weighted by atomic mass is 10.0. The Morgan fingerprint density at radius 1 is 1.32 bits per heavy atom. The van der Waals surface area contributed by atoms with Crippen LogP contribution in [0.5, 0.6) is 0 Å². The van der Waals surface area contributed by atoms with E-state index in [4.69, 9.17) is 5.11 Å². The molecular weight excluding hydrogens is 264 g/mol. The maximum atomic E-state index is 11.9. The first-order valence-corrected chi connectivity index (χ1v) is 7.86. The molecule has 19 heavy (non-hydrogen) atoms. The summed E-state index contributed by atoms with van der Waals surface area (Å²) >= 11 is 1.17. The van der Waals surface area contributed by atoms with Crippen molar-refractivity contribution in [3.63, 3.8) is 0 Å². The zero-order valence-corrected chi connectivity index (χ0v) is 12.8. The Bertz CT molecular complexity index is 315. The number of nitrogens with zero attached hydrogens (tertiary/aromatic N) is 2. The van der Waals surface area contributed by atoms with E-state index >= 15 is 0 Å². The largest absolute Gasteiger partial charge is 0.481 e. The minimum absolute atomic E-state index is 0.00856. The Hall–Kier alpha value is -0.750. The second-order valence-electron chi connectivity index (χ2n) is 5.25. The number of likely N-dealkylation sites (tertiary alicyclic amines) is 1. The van der Waals surface area contributed by atoms with Crippen molar-refractivity contribution in [2.45, 2.75) is 38.8 Å². The average Bonchev–Trinajstić information content (AvgIpc) is 2.37. The van der Waals surface area contributed by atoms with Crippen LogP contribution in [0.2, 0.25) is 0 Å². The molecule has 1 amide bonds. The van der Waals surface area contributed by atoms with Gasteiger partial charge in [-0.15, -0.1) is 11.8 Å². The predicted molar refractivity (Wildman–Crippen MR) is 77.5 cm³/mol. The Labute approximate surface area is 119 Å². The summed E-state index contributed by atoms with van der Waals surface area (Å²) < 4.78 is 0. The number of carboxylic acid groups (broad SMARTS) is 1. The van der Waals surface area contributed by atoms with Crippen molar-refractivity contribution in [3.05, 3.63) is 0 Å². The summed E-state index contributed by atoms with van der Waals surface area (Å²) in [5.74, 6) is -0.585. The molecule has 1 N–H and O–H groups in total. The number of carbonyl (C=O) groups excluding carboxylic acids is 1.